The van der Waals surface area contributed by atoms with Crippen molar-refractivity contribution in [1.29, 1.82) is 0 Å². The van der Waals surface area contributed by atoms with Crippen molar-refractivity contribution >= 4 is 10.0 Å². The van der Waals surface area contributed by atoms with E-state index in [-0.39, 0.29) is 11.4 Å². The monoisotopic (exact) mass is 285 g/mol. The van der Waals surface area contributed by atoms with Crippen LogP contribution in [0.25, 0.3) is 0 Å². The minimum absolute atomic E-state index is 0.0465. The zero-order valence-electron chi connectivity index (χ0n) is 10.6. The maximum atomic E-state index is 12.0. The van der Waals surface area contributed by atoms with Crippen molar-refractivity contribution < 1.29 is 17.9 Å². The highest BCUT2D eigenvalue weighted by atomic mass is 32.2. The van der Waals surface area contributed by atoms with E-state index in [9.17, 15) is 13.5 Å². The Labute approximate surface area is 110 Å². The molecule has 104 valence electrons. The van der Waals surface area contributed by atoms with Gasteiger partial charge in [-0.2, -0.15) is 5.10 Å². The third kappa shape index (κ3) is 3.03. The van der Waals surface area contributed by atoms with Gasteiger partial charge in [0.15, 0.2) is 0 Å². The summed E-state index contributed by atoms with van der Waals surface area (Å²) in [6.07, 6.45) is 4.04. The fraction of sp³-hybridized carbons (Fsp3) is 0.364. The smallest absolute Gasteiger partial charge is 0.243 e. The summed E-state index contributed by atoms with van der Waals surface area (Å²) >= 11 is 0. The van der Waals surface area contributed by atoms with Gasteiger partial charge < -0.3 is 9.52 Å². The lowest BCUT2D eigenvalue weighted by Gasteiger charge is -2.20. The van der Waals surface area contributed by atoms with Crippen molar-refractivity contribution in [2.24, 2.45) is 7.05 Å². The molecule has 0 radical (unpaired) electrons. The fourth-order valence-corrected chi connectivity index (χ4v) is 2.64. The van der Waals surface area contributed by atoms with E-state index in [1.54, 1.807) is 19.2 Å². The van der Waals surface area contributed by atoms with Crippen LogP contribution in [-0.2, 0) is 22.7 Å². The first-order chi connectivity index (χ1) is 8.81. The van der Waals surface area contributed by atoms with Crippen LogP contribution in [0.1, 0.15) is 12.7 Å². The third-order valence-electron chi connectivity index (χ3n) is 2.65. The summed E-state index contributed by atoms with van der Waals surface area (Å²) in [4.78, 5) is 0.0465. The van der Waals surface area contributed by atoms with E-state index in [2.05, 4.69) is 9.82 Å². The maximum Gasteiger partial charge on any atom is 0.243 e. The molecule has 0 fully saturated rings. The predicted molar refractivity (Wildman–Crippen MR) is 66.7 cm³/mol. The summed E-state index contributed by atoms with van der Waals surface area (Å²) in [6, 6.07) is 3.21. The summed E-state index contributed by atoms with van der Waals surface area (Å²) in [5, 5.41) is 13.9. The van der Waals surface area contributed by atoms with Gasteiger partial charge in [-0.05, 0) is 19.1 Å². The van der Waals surface area contributed by atoms with Crippen molar-refractivity contribution in [2.75, 3.05) is 6.54 Å². The van der Waals surface area contributed by atoms with E-state index in [0.29, 0.717) is 5.76 Å². The van der Waals surface area contributed by atoms with Crippen LogP contribution in [-0.4, -0.2) is 29.8 Å². The van der Waals surface area contributed by atoms with E-state index in [4.69, 9.17) is 4.42 Å². The zero-order chi connectivity index (χ0) is 14.1. The normalized spacial score (nSPS) is 15.3. The van der Waals surface area contributed by atoms with Crippen LogP contribution in [0.2, 0.25) is 0 Å². The molecule has 0 bridgehead atoms. The molecule has 0 aliphatic carbocycles. The van der Waals surface area contributed by atoms with Gasteiger partial charge in [0.05, 0.1) is 12.5 Å². The summed E-state index contributed by atoms with van der Waals surface area (Å²) in [5.41, 5.74) is -1.42. The average Bonchev–Trinajstić information content (AvgIpc) is 2.97. The second kappa shape index (κ2) is 4.80. The summed E-state index contributed by atoms with van der Waals surface area (Å²) in [7, 11) is -2.08. The number of nitrogens with zero attached hydrogens (tertiary/aromatic N) is 2. The van der Waals surface area contributed by atoms with Gasteiger partial charge in [-0.15, -0.1) is 0 Å². The Morgan fingerprint density at radius 1 is 1.58 bits per heavy atom. The topological polar surface area (TPSA) is 97.4 Å². The molecule has 0 aromatic carbocycles. The number of aromatic nitrogens is 2. The third-order valence-corrected chi connectivity index (χ3v) is 4.01. The van der Waals surface area contributed by atoms with E-state index in [1.807, 2.05) is 0 Å². The molecule has 2 heterocycles. The quantitative estimate of drug-likeness (QED) is 0.818. The Hall–Kier alpha value is -1.64. The van der Waals surface area contributed by atoms with Crippen LogP contribution in [0, 0.1) is 0 Å². The summed E-state index contributed by atoms with van der Waals surface area (Å²) in [6.45, 7) is 1.27. The van der Waals surface area contributed by atoms with Gasteiger partial charge in [0.25, 0.3) is 0 Å². The number of aryl methyl sites for hydroxylation is 1. The van der Waals surface area contributed by atoms with Gasteiger partial charge >= 0.3 is 0 Å². The number of aliphatic hydroxyl groups is 1. The minimum atomic E-state index is -3.70. The molecule has 0 aliphatic rings. The minimum Gasteiger partial charge on any atom is -0.466 e. The first-order valence-electron chi connectivity index (χ1n) is 5.56. The van der Waals surface area contributed by atoms with Gasteiger partial charge in [-0.25, -0.2) is 13.1 Å². The van der Waals surface area contributed by atoms with Gasteiger partial charge in [0, 0.05) is 19.8 Å². The van der Waals surface area contributed by atoms with Crippen LogP contribution < -0.4 is 4.72 Å². The van der Waals surface area contributed by atoms with Gasteiger partial charge in [0.2, 0.25) is 10.0 Å². The van der Waals surface area contributed by atoms with Crippen molar-refractivity contribution in [1.82, 2.24) is 14.5 Å². The van der Waals surface area contributed by atoms with Crippen LogP contribution in [0.15, 0.2) is 40.1 Å². The number of furan rings is 1. The van der Waals surface area contributed by atoms with Gasteiger partial charge in [0.1, 0.15) is 16.3 Å². The Balaban J connectivity index is 2.10. The molecule has 2 N–H and O–H groups in total. The summed E-state index contributed by atoms with van der Waals surface area (Å²) in [5.74, 6) is 0.293. The number of rotatable bonds is 5. The number of nitrogens with one attached hydrogen (secondary N) is 1. The molecule has 0 unspecified atom stereocenters. The molecule has 2 rings (SSSR count). The average molecular weight is 285 g/mol. The predicted octanol–water partition coefficient (Wildman–Crippen LogP) is 0.199. The van der Waals surface area contributed by atoms with E-state index in [0.717, 1.165) is 0 Å². The largest absolute Gasteiger partial charge is 0.466 e. The first-order valence-corrected chi connectivity index (χ1v) is 7.04. The molecule has 0 amide bonds. The fourth-order valence-electron chi connectivity index (χ4n) is 1.53. The highest BCUT2D eigenvalue weighted by Gasteiger charge is 2.29. The lowest BCUT2D eigenvalue weighted by molar-refractivity contribution is 0.0395. The molecule has 8 heteroatoms. The molecule has 1 atom stereocenters. The van der Waals surface area contributed by atoms with Crippen LogP contribution in [0.4, 0.5) is 0 Å². The molecule has 0 saturated heterocycles. The van der Waals surface area contributed by atoms with Gasteiger partial charge in [-0.1, -0.05) is 0 Å². The lowest BCUT2D eigenvalue weighted by Crippen LogP contribution is -2.38. The molecule has 2 aromatic heterocycles. The van der Waals surface area contributed by atoms with Crippen LogP contribution in [0.5, 0.6) is 0 Å². The molecule has 0 spiro atoms. The first kappa shape index (κ1) is 13.8. The SMILES string of the molecule is Cn1cc(S(=O)(=O)NC[C@@](C)(O)c2ccco2)cn1. The van der Waals surface area contributed by atoms with E-state index < -0.39 is 15.6 Å². The Bertz CT molecular complexity index is 643. The Morgan fingerprint density at radius 3 is 2.84 bits per heavy atom. The molecule has 0 aliphatic heterocycles. The van der Waals surface area contributed by atoms with Crippen molar-refractivity contribution in [2.45, 2.75) is 17.4 Å². The van der Waals surface area contributed by atoms with Crippen molar-refractivity contribution in [3.05, 3.63) is 36.5 Å². The van der Waals surface area contributed by atoms with Crippen molar-refractivity contribution in [3.63, 3.8) is 0 Å². The lowest BCUT2D eigenvalue weighted by atomic mass is 10.1. The van der Waals surface area contributed by atoms with Crippen LogP contribution in [0.3, 0.4) is 0 Å². The maximum absolute atomic E-state index is 12.0. The van der Waals surface area contributed by atoms with E-state index >= 15 is 0 Å². The summed E-state index contributed by atoms with van der Waals surface area (Å²) < 4.78 is 32.7. The zero-order valence-corrected chi connectivity index (χ0v) is 11.4. The number of hydrogen-bond acceptors (Lipinski definition) is 5. The molecular formula is C11H15N3O4S. The molecule has 2 aromatic rings. The van der Waals surface area contributed by atoms with E-state index in [1.165, 1.54) is 30.3 Å². The second-order valence-corrected chi connectivity index (χ2v) is 6.19. The standard InChI is InChI=1S/C11H15N3O4S/c1-11(15,10-4-3-5-18-10)8-13-19(16,17)9-6-12-14(2)7-9/h3-7,13,15H,8H2,1-2H3/t11-/m1/s1. The van der Waals surface area contributed by atoms with Crippen molar-refractivity contribution in [3.8, 4) is 0 Å². The molecule has 19 heavy (non-hydrogen) atoms. The van der Waals surface area contributed by atoms with Gasteiger partial charge in [-0.3, -0.25) is 4.68 Å². The second-order valence-electron chi connectivity index (χ2n) is 4.43. The number of sulfonamides is 1. The molecular weight excluding hydrogens is 270 g/mol. The highest BCUT2D eigenvalue weighted by molar-refractivity contribution is 7.89. The number of hydrogen-bond donors (Lipinski definition) is 2. The highest BCUT2D eigenvalue weighted by Crippen LogP contribution is 2.20. The Kier molecular flexibility index (Phi) is 3.48. The van der Waals surface area contributed by atoms with Crippen LogP contribution >= 0.6 is 0 Å². The molecule has 0 saturated carbocycles. The Morgan fingerprint density at radius 2 is 2.32 bits per heavy atom. The molecule has 7 nitrogen and oxygen atoms in total.